The number of fused-ring (bicyclic) bond motifs is 1. The molecule has 0 bridgehead atoms. The van der Waals surface area contributed by atoms with Gasteiger partial charge in [0.15, 0.2) is 17.0 Å². The number of carbonyl (C=O) groups excluding carboxylic acids is 2. The van der Waals surface area contributed by atoms with Crippen LogP contribution in [-0.4, -0.2) is 132 Å². The smallest absolute Gasteiger partial charge is 0.475 e. The number of anilines is 3. The maximum atomic E-state index is 13.4. The highest BCUT2D eigenvalue weighted by atomic mass is 19.4. The highest BCUT2D eigenvalue weighted by Gasteiger charge is 2.44. The van der Waals surface area contributed by atoms with Crippen molar-refractivity contribution in [3.63, 3.8) is 0 Å². The Morgan fingerprint density at radius 2 is 1.47 bits per heavy atom. The summed E-state index contributed by atoms with van der Waals surface area (Å²) in [6.07, 6.45) is -0.980. The number of imidazole rings is 1. The molecular weight excluding hydrogens is 836 g/mol. The molecule has 340 valence electrons. The van der Waals surface area contributed by atoms with E-state index in [1.807, 2.05) is 59.5 Å². The predicted molar refractivity (Wildman–Crippen MR) is 232 cm³/mol. The van der Waals surface area contributed by atoms with E-state index >= 15 is 0 Å². The molecule has 3 fully saturated rings. The largest absolute Gasteiger partial charge is 0.490 e. The zero-order valence-electron chi connectivity index (χ0n) is 35.1. The highest BCUT2D eigenvalue weighted by Crippen LogP contribution is 2.35. The molecule has 0 unspecified atom stereocenters. The number of aliphatic hydroxyl groups is 2. The molecule has 3 aromatic heterocycles. The molecule has 1 saturated carbocycles. The second-order valence-corrected chi connectivity index (χ2v) is 16.1. The number of hydrogen-bond donors (Lipinski definition) is 7. The number of amides is 3. The van der Waals surface area contributed by atoms with E-state index in [0.29, 0.717) is 55.4 Å². The van der Waals surface area contributed by atoms with E-state index in [1.54, 1.807) is 24.0 Å². The van der Waals surface area contributed by atoms with Gasteiger partial charge < -0.3 is 51.0 Å². The first-order chi connectivity index (χ1) is 30.8. The molecule has 5 heterocycles. The van der Waals surface area contributed by atoms with Crippen LogP contribution in [-0.2, 0) is 9.59 Å². The zero-order chi connectivity index (χ0) is 45.4. The van der Waals surface area contributed by atoms with Gasteiger partial charge in [0, 0.05) is 63.3 Å². The van der Waals surface area contributed by atoms with Crippen molar-refractivity contribution < 1.29 is 42.9 Å². The molecule has 64 heavy (non-hydrogen) atoms. The molecule has 2 saturated heterocycles. The summed E-state index contributed by atoms with van der Waals surface area (Å²) in [5.74, 6) is -1.10. The molecule has 0 radical (unpaired) electrons. The fourth-order valence-electron chi connectivity index (χ4n) is 8.39. The number of nitrogens with one attached hydrogen (secondary N) is 4. The molecule has 8 rings (SSSR count). The van der Waals surface area contributed by atoms with Gasteiger partial charge in [0.05, 0.1) is 18.4 Å². The van der Waals surface area contributed by atoms with Crippen molar-refractivity contribution >= 4 is 46.7 Å². The summed E-state index contributed by atoms with van der Waals surface area (Å²) in [4.78, 5) is 57.8. The van der Waals surface area contributed by atoms with Gasteiger partial charge in [-0.1, -0.05) is 73.7 Å². The normalized spacial score (nSPS) is 21.3. The summed E-state index contributed by atoms with van der Waals surface area (Å²) < 4.78 is 33.5. The van der Waals surface area contributed by atoms with Crippen LogP contribution in [0, 0.1) is 0 Å². The first-order valence-corrected chi connectivity index (χ1v) is 21.3. The number of carboxylic acid groups (broad SMARTS) is 1. The Morgan fingerprint density at radius 1 is 0.828 bits per heavy atom. The number of urea groups is 1. The number of hydrogen-bond acceptors (Lipinski definition) is 12. The minimum atomic E-state index is -5.08. The van der Waals surface area contributed by atoms with Crippen LogP contribution in [0.15, 0.2) is 91.4 Å². The van der Waals surface area contributed by atoms with Crippen LogP contribution in [0.5, 0.6) is 0 Å². The minimum Gasteiger partial charge on any atom is -0.475 e. The third-order valence-corrected chi connectivity index (χ3v) is 11.8. The van der Waals surface area contributed by atoms with Gasteiger partial charge in [-0.05, 0) is 48.9 Å². The number of alkyl halides is 3. The second kappa shape index (κ2) is 20.3. The standard InChI is InChI=1S/C42H51N11O4.C2HF3O2/c1-2-35(54)48-32-23-33(38(56)37(32)55)53-26-45-36-39(44-24-31(27-11-5-3-6-12-27)28-13-7-4-8-14-28)49-41(50-40(36)53)46-30-18-22-52(25-30)42(57)47-29-16-20-51(21-17-29)34-15-9-10-19-43-34;3-2(4,5)1(6)7/h3-15,19,26,29-33,37-38,55-56H,2,16-18,20-25H2,1H3,(H,47,57)(H,48,54)(H2,44,46,49,50);(H,6,7)/t30-,32+,33-,37-,38+;/m1./s1. The van der Waals surface area contributed by atoms with Crippen LogP contribution in [0.3, 0.4) is 0 Å². The molecule has 7 N–H and O–H groups in total. The number of aliphatic hydroxyl groups excluding tert-OH is 2. The Balaban J connectivity index is 0.000000809. The Bertz CT molecular complexity index is 2300. The number of aliphatic carboxylic acids is 1. The van der Waals surface area contributed by atoms with E-state index in [1.165, 1.54) is 0 Å². The molecule has 2 aromatic carbocycles. The number of rotatable bonds is 12. The van der Waals surface area contributed by atoms with E-state index in [0.717, 1.165) is 42.9 Å². The van der Waals surface area contributed by atoms with E-state index in [-0.39, 0.29) is 36.4 Å². The summed E-state index contributed by atoms with van der Waals surface area (Å²) >= 11 is 0. The summed E-state index contributed by atoms with van der Waals surface area (Å²) in [5, 5.41) is 42.5. The molecule has 20 heteroatoms. The van der Waals surface area contributed by atoms with E-state index in [4.69, 9.17) is 24.9 Å². The van der Waals surface area contributed by atoms with Crippen LogP contribution in [0.4, 0.5) is 35.5 Å². The van der Waals surface area contributed by atoms with Crippen molar-refractivity contribution in [1.29, 1.82) is 0 Å². The number of aromatic nitrogens is 5. The summed E-state index contributed by atoms with van der Waals surface area (Å²) in [6.45, 7) is 5.01. The lowest BCUT2D eigenvalue weighted by Gasteiger charge is -2.33. The van der Waals surface area contributed by atoms with Crippen molar-refractivity contribution in [2.45, 2.75) is 87.5 Å². The lowest BCUT2D eigenvalue weighted by atomic mass is 9.91. The van der Waals surface area contributed by atoms with Gasteiger partial charge >= 0.3 is 18.2 Å². The number of halogens is 3. The molecule has 2 aliphatic heterocycles. The average molecular weight is 888 g/mol. The Labute approximate surface area is 367 Å². The van der Waals surface area contributed by atoms with Gasteiger partial charge in [-0.2, -0.15) is 23.1 Å². The molecule has 3 aliphatic rings. The van der Waals surface area contributed by atoms with E-state index in [9.17, 15) is 33.0 Å². The summed E-state index contributed by atoms with van der Waals surface area (Å²) in [5.41, 5.74) is 3.30. The van der Waals surface area contributed by atoms with Crippen LogP contribution in [0.2, 0.25) is 0 Å². The van der Waals surface area contributed by atoms with Crippen molar-refractivity contribution in [2.24, 2.45) is 0 Å². The highest BCUT2D eigenvalue weighted by molar-refractivity contribution is 5.84. The number of likely N-dealkylation sites (tertiary alicyclic amines) is 1. The van der Waals surface area contributed by atoms with E-state index < -0.39 is 36.4 Å². The van der Waals surface area contributed by atoms with Crippen molar-refractivity contribution in [3.8, 4) is 0 Å². The third-order valence-electron chi connectivity index (χ3n) is 11.8. The Morgan fingerprint density at radius 3 is 2.08 bits per heavy atom. The molecular formula is C44H52F3N11O6. The molecule has 1 aliphatic carbocycles. The summed E-state index contributed by atoms with van der Waals surface area (Å²) in [7, 11) is 0. The Kier molecular flexibility index (Phi) is 14.4. The van der Waals surface area contributed by atoms with Crippen molar-refractivity contribution in [3.05, 3.63) is 103 Å². The number of piperidine rings is 1. The second-order valence-electron chi connectivity index (χ2n) is 16.1. The van der Waals surface area contributed by atoms with Crippen molar-refractivity contribution in [2.75, 3.05) is 48.3 Å². The minimum absolute atomic E-state index is 0.00907. The maximum Gasteiger partial charge on any atom is 0.490 e. The Hall–Kier alpha value is -6.54. The average Bonchev–Trinajstić information content (AvgIpc) is 4.02. The predicted octanol–water partition coefficient (Wildman–Crippen LogP) is 4.52. The van der Waals surface area contributed by atoms with Gasteiger partial charge in [-0.25, -0.2) is 19.6 Å². The fourth-order valence-corrected chi connectivity index (χ4v) is 8.39. The number of nitrogens with zero attached hydrogens (tertiary/aromatic N) is 7. The van der Waals surface area contributed by atoms with Gasteiger partial charge in [-0.3, -0.25) is 4.79 Å². The lowest BCUT2D eigenvalue weighted by molar-refractivity contribution is -0.192. The van der Waals surface area contributed by atoms with Crippen LogP contribution < -0.4 is 26.2 Å². The quantitative estimate of drug-likeness (QED) is 0.0917. The lowest BCUT2D eigenvalue weighted by Crippen LogP contribution is -2.49. The fraction of sp³-hybridized carbons (Fsp3) is 0.432. The monoisotopic (exact) mass is 887 g/mol. The van der Waals surface area contributed by atoms with Gasteiger partial charge in [-0.15, -0.1) is 0 Å². The number of benzene rings is 2. The van der Waals surface area contributed by atoms with Gasteiger partial charge in [0.2, 0.25) is 11.9 Å². The molecule has 17 nitrogen and oxygen atoms in total. The van der Waals surface area contributed by atoms with Crippen LogP contribution in [0.1, 0.15) is 62.1 Å². The van der Waals surface area contributed by atoms with E-state index in [2.05, 4.69) is 55.4 Å². The van der Waals surface area contributed by atoms with Crippen LogP contribution >= 0.6 is 0 Å². The zero-order valence-corrected chi connectivity index (χ0v) is 35.1. The molecule has 5 aromatic rings. The molecule has 3 amide bonds. The number of pyridine rings is 1. The number of carboxylic acids is 1. The van der Waals surface area contributed by atoms with Gasteiger partial charge in [0.25, 0.3) is 0 Å². The van der Waals surface area contributed by atoms with Crippen LogP contribution in [0.25, 0.3) is 11.2 Å². The maximum absolute atomic E-state index is 13.4. The van der Waals surface area contributed by atoms with Gasteiger partial charge in [0.1, 0.15) is 18.0 Å². The third kappa shape index (κ3) is 11.0. The molecule has 0 spiro atoms. The summed E-state index contributed by atoms with van der Waals surface area (Å²) in [6, 6.07) is 25.3. The SMILES string of the molecule is CCC(=O)N[C@H]1C[C@@H](n2cnc3c(NCC(c4ccccc4)c4ccccc4)nc(N[C@@H]4CCN(C(=O)NC5CCN(c6ccccn6)CC5)C4)nc32)[C@H](O)[C@@H]1O.O=C(O)C(F)(F)F. The van der Waals surface area contributed by atoms with Crippen molar-refractivity contribution in [1.82, 2.24) is 40.0 Å². The number of carbonyl (C=O) groups is 3. The topological polar surface area (TPSA) is 223 Å². The molecule has 5 atom stereocenters. The first kappa shape index (κ1) is 45.5. The first-order valence-electron chi connectivity index (χ1n) is 21.3.